The van der Waals surface area contributed by atoms with Crippen LogP contribution in [-0.2, 0) is 9.53 Å². The van der Waals surface area contributed by atoms with Crippen molar-refractivity contribution in [1.29, 1.82) is 0 Å². The van der Waals surface area contributed by atoms with Crippen molar-refractivity contribution >= 4 is 12.0 Å². The summed E-state index contributed by atoms with van der Waals surface area (Å²) in [7, 11) is 0. The summed E-state index contributed by atoms with van der Waals surface area (Å²) in [4.78, 5) is 22.6. The van der Waals surface area contributed by atoms with Crippen LogP contribution >= 0.6 is 0 Å². The molecule has 1 aliphatic heterocycles. The van der Waals surface area contributed by atoms with Gasteiger partial charge in [0.05, 0.1) is 5.70 Å². The third-order valence-electron chi connectivity index (χ3n) is 2.00. The zero-order valence-corrected chi connectivity index (χ0v) is 10.1. The van der Waals surface area contributed by atoms with Crippen molar-refractivity contribution < 1.29 is 14.3 Å². The van der Waals surface area contributed by atoms with Crippen LogP contribution in [0.1, 0.15) is 34.1 Å². The third-order valence-corrected chi connectivity index (χ3v) is 2.00. The van der Waals surface area contributed by atoms with Crippen LogP contribution in [-0.4, -0.2) is 23.6 Å². The van der Waals surface area contributed by atoms with Gasteiger partial charge in [-0.15, -0.1) is 0 Å². The molecule has 2 N–H and O–H groups in total. The number of carbonyl (C=O) groups is 2. The second-order valence-corrected chi connectivity index (χ2v) is 4.76. The van der Waals surface area contributed by atoms with Gasteiger partial charge in [0.2, 0.25) is 0 Å². The van der Waals surface area contributed by atoms with Crippen molar-refractivity contribution in [3.63, 3.8) is 0 Å². The van der Waals surface area contributed by atoms with E-state index in [1.54, 1.807) is 0 Å². The Balaban J connectivity index is 2.57. The lowest BCUT2D eigenvalue weighted by molar-refractivity contribution is -0.138. The molecule has 0 saturated heterocycles. The van der Waals surface area contributed by atoms with Gasteiger partial charge in [0.25, 0.3) is 0 Å². The number of ether oxygens (including phenoxy) is 1. The highest BCUT2D eigenvalue weighted by atomic mass is 16.5. The summed E-state index contributed by atoms with van der Waals surface area (Å²) in [5.74, 6) is -0.405. The molecular formula is C11H18N2O3. The molecule has 0 aromatic rings. The Bertz CT molecular complexity index is 329. The summed E-state index contributed by atoms with van der Waals surface area (Å²) in [5, 5.41) is 5.38. The van der Waals surface area contributed by atoms with E-state index in [1.165, 1.54) is 6.08 Å². The molecule has 5 heteroatoms. The highest BCUT2D eigenvalue weighted by Gasteiger charge is 2.26. The van der Waals surface area contributed by atoms with E-state index < -0.39 is 5.97 Å². The number of amides is 2. The molecule has 0 aromatic carbocycles. The van der Waals surface area contributed by atoms with Crippen LogP contribution in [0.15, 0.2) is 11.8 Å². The molecule has 0 aliphatic carbocycles. The third kappa shape index (κ3) is 3.56. The maximum absolute atomic E-state index is 11.6. The average Bonchev–Trinajstić information content (AvgIpc) is 2.42. The largest absolute Gasteiger partial charge is 0.453 e. The smallest absolute Gasteiger partial charge is 0.333 e. The number of hydrogen-bond donors (Lipinski definition) is 2. The van der Waals surface area contributed by atoms with Crippen LogP contribution in [0.2, 0.25) is 0 Å². The molecule has 0 aromatic heterocycles. The molecule has 5 nitrogen and oxygen atoms in total. The zero-order chi connectivity index (χ0) is 12.3. The first-order valence-corrected chi connectivity index (χ1v) is 5.33. The molecule has 0 saturated carbocycles. The van der Waals surface area contributed by atoms with E-state index in [0.717, 1.165) is 0 Å². The van der Waals surface area contributed by atoms with Crippen molar-refractivity contribution in [3.05, 3.63) is 11.8 Å². The van der Waals surface area contributed by atoms with E-state index >= 15 is 0 Å². The summed E-state index contributed by atoms with van der Waals surface area (Å²) in [6.45, 7) is 7.54. The van der Waals surface area contributed by atoms with E-state index in [0.29, 0.717) is 12.1 Å². The van der Waals surface area contributed by atoms with Gasteiger partial charge < -0.3 is 15.4 Å². The standard InChI is InChI=1S/C11H18N2O3/c1-5-8-7(6-9(14)16-8)12-10(15)13-11(2,3)4/h6,8H,5H2,1-4H3,(H2,12,13,15). The molecule has 16 heavy (non-hydrogen) atoms. The first kappa shape index (κ1) is 12.5. The molecule has 1 aliphatic rings. The minimum atomic E-state index is -0.405. The second kappa shape index (κ2) is 4.55. The van der Waals surface area contributed by atoms with Crippen LogP contribution in [0, 0.1) is 0 Å². The molecule has 0 radical (unpaired) electrons. The molecule has 1 heterocycles. The summed E-state index contributed by atoms with van der Waals surface area (Å²) >= 11 is 0. The van der Waals surface area contributed by atoms with Crippen LogP contribution in [0.3, 0.4) is 0 Å². The fourth-order valence-electron chi connectivity index (χ4n) is 1.38. The Hall–Kier alpha value is -1.52. The Morgan fingerprint density at radius 1 is 1.50 bits per heavy atom. The Labute approximate surface area is 95.2 Å². The zero-order valence-electron chi connectivity index (χ0n) is 10.1. The van der Waals surface area contributed by atoms with E-state index in [-0.39, 0.29) is 17.7 Å². The lowest BCUT2D eigenvalue weighted by atomic mass is 10.1. The number of esters is 1. The number of urea groups is 1. The van der Waals surface area contributed by atoms with E-state index in [9.17, 15) is 9.59 Å². The molecule has 1 rings (SSSR count). The number of carbonyl (C=O) groups excluding carboxylic acids is 2. The number of hydrogen-bond acceptors (Lipinski definition) is 3. The van der Waals surface area contributed by atoms with Crippen LogP contribution in [0.4, 0.5) is 4.79 Å². The van der Waals surface area contributed by atoms with Crippen molar-refractivity contribution in [3.8, 4) is 0 Å². The molecular weight excluding hydrogens is 208 g/mol. The molecule has 0 spiro atoms. The first-order valence-electron chi connectivity index (χ1n) is 5.33. The molecule has 0 fully saturated rings. The quantitative estimate of drug-likeness (QED) is 0.697. The van der Waals surface area contributed by atoms with Gasteiger partial charge in [0, 0.05) is 11.6 Å². The minimum Gasteiger partial charge on any atom is -0.453 e. The van der Waals surface area contributed by atoms with Crippen LogP contribution in [0.25, 0.3) is 0 Å². The monoisotopic (exact) mass is 226 g/mol. The average molecular weight is 226 g/mol. The Morgan fingerprint density at radius 3 is 2.62 bits per heavy atom. The van der Waals surface area contributed by atoms with Gasteiger partial charge in [-0.3, -0.25) is 0 Å². The first-order chi connectivity index (χ1) is 7.31. The lowest BCUT2D eigenvalue weighted by Gasteiger charge is -2.22. The Morgan fingerprint density at radius 2 is 2.12 bits per heavy atom. The minimum absolute atomic E-state index is 0.310. The SMILES string of the molecule is CCC1OC(=O)C=C1NC(=O)NC(C)(C)C. The van der Waals surface area contributed by atoms with Crippen molar-refractivity contribution in [2.24, 2.45) is 0 Å². The highest BCUT2D eigenvalue weighted by Crippen LogP contribution is 2.15. The van der Waals surface area contributed by atoms with E-state index in [2.05, 4.69) is 10.6 Å². The predicted octanol–water partition coefficient (Wildman–Crippen LogP) is 1.30. The number of nitrogens with one attached hydrogen (secondary N) is 2. The van der Waals surface area contributed by atoms with Crippen molar-refractivity contribution in [2.75, 3.05) is 0 Å². The molecule has 1 unspecified atom stereocenters. The topological polar surface area (TPSA) is 67.4 Å². The molecule has 0 bridgehead atoms. The summed E-state index contributed by atoms with van der Waals surface area (Å²) in [6.07, 6.45) is 1.63. The van der Waals surface area contributed by atoms with Gasteiger partial charge in [0.1, 0.15) is 6.10 Å². The van der Waals surface area contributed by atoms with Gasteiger partial charge in [-0.1, -0.05) is 6.92 Å². The summed E-state index contributed by atoms with van der Waals surface area (Å²) in [5.41, 5.74) is 0.213. The number of cyclic esters (lactones) is 1. The van der Waals surface area contributed by atoms with Crippen LogP contribution < -0.4 is 10.6 Å². The highest BCUT2D eigenvalue weighted by molar-refractivity contribution is 5.88. The van der Waals surface area contributed by atoms with E-state index in [4.69, 9.17) is 4.74 Å². The van der Waals surface area contributed by atoms with Gasteiger partial charge >= 0.3 is 12.0 Å². The van der Waals surface area contributed by atoms with Gasteiger partial charge in [-0.2, -0.15) is 0 Å². The van der Waals surface area contributed by atoms with Gasteiger partial charge in [-0.05, 0) is 27.2 Å². The molecule has 2 amide bonds. The van der Waals surface area contributed by atoms with Crippen molar-refractivity contribution in [1.82, 2.24) is 10.6 Å². The van der Waals surface area contributed by atoms with Gasteiger partial charge in [-0.25, -0.2) is 9.59 Å². The van der Waals surface area contributed by atoms with E-state index in [1.807, 2.05) is 27.7 Å². The summed E-state index contributed by atoms with van der Waals surface area (Å²) < 4.78 is 4.98. The fourth-order valence-corrected chi connectivity index (χ4v) is 1.38. The Kier molecular flexibility index (Phi) is 3.57. The maximum Gasteiger partial charge on any atom is 0.333 e. The normalized spacial score (nSPS) is 20.1. The second-order valence-electron chi connectivity index (χ2n) is 4.76. The molecule has 1 atom stereocenters. The lowest BCUT2D eigenvalue weighted by Crippen LogP contribution is -2.46. The fraction of sp³-hybridized carbons (Fsp3) is 0.636. The predicted molar refractivity (Wildman–Crippen MR) is 59.7 cm³/mol. The molecule has 90 valence electrons. The van der Waals surface area contributed by atoms with Crippen molar-refractivity contribution in [2.45, 2.75) is 45.8 Å². The number of rotatable bonds is 2. The van der Waals surface area contributed by atoms with Crippen LogP contribution in [0.5, 0.6) is 0 Å². The maximum atomic E-state index is 11.6. The summed E-state index contributed by atoms with van der Waals surface area (Å²) in [6, 6.07) is -0.324. The van der Waals surface area contributed by atoms with Gasteiger partial charge in [0.15, 0.2) is 0 Å².